The molecule has 10 nitrogen and oxygen atoms in total. The molecule has 0 atom stereocenters. The van der Waals surface area contributed by atoms with E-state index in [0.717, 1.165) is 5.69 Å². The van der Waals surface area contributed by atoms with E-state index in [-0.39, 0.29) is 24.2 Å². The number of aromatic nitrogens is 4. The summed E-state index contributed by atoms with van der Waals surface area (Å²) in [5.41, 5.74) is 1.45. The van der Waals surface area contributed by atoms with Gasteiger partial charge in [0.2, 0.25) is 0 Å². The van der Waals surface area contributed by atoms with Gasteiger partial charge in [-0.2, -0.15) is 10.2 Å². The second-order valence-corrected chi connectivity index (χ2v) is 7.67. The molecule has 0 fully saturated rings. The summed E-state index contributed by atoms with van der Waals surface area (Å²) in [7, 11) is 4.24. The molecule has 2 heterocycles. The third-order valence-electron chi connectivity index (χ3n) is 4.37. The van der Waals surface area contributed by atoms with Gasteiger partial charge in [0.15, 0.2) is 0 Å². The summed E-state index contributed by atoms with van der Waals surface area (Å²) in [6.07, 6.45) is 2.88. The van der Waals surface area contributed by atoms with Crippen LogP contribution in [0.5, 0.6) is 0 Å². The van der Waals surface area contributed by atoms with Crippen LogP contribution < -0.4 is 5.32 Å². The van der Waals surface area contributed by atoms with Gasteiger partial charge in [-0.1, -0.05) is 20.8 Å². The van der Waals surface area contributed by atoms with E-state index in [9.17, 15) is 14.4 Å². The molecule has 0 saturated heterocycles. The summed E-state index contributed by atoms with van der Waals surface area (Å²) in [5.74, 6) is -1.30. The van der Waals surface area contributed by atoms with E-state index in [2.05, 4.69) is 25.0 Å². The Kier molecular flexibility index (Phi) is 6.78. The molecule has 29 heavy (non-hydrogen) atoms. The number of carbonyl (C=O) groups excluding carboxylic acids is 3. The Balaban J connectivity index is 2.17. The number of methoxy groups -OCH3 is 2. The minimum absolute atomic E-state index is 0.0582. The molecule has 2 aromatic heterocycles. The third kappa shape index (κ3) is 5.66. The molecule has 1 N–H and O–H groups in total. The summed E-state index contributed by atoms with van der Waals surface area (Å²) in [4.78, 5) is 36.0. The standard InChI is InChI=1S/C19H27N5O5/c1-19(2,3)15-9-14(23(4)22-15)18(27)21-12-10-20-24(11-12)13(7-16(25)28-5)8-17(26)29-6/h9-11,13H,7-8H2,1-6H3,(H,21,27). The molecule has 0 aromatic carbocycles. The van der Waals surface area contributed by atoms with Crippen LogP contribution in [0.4, 0.5) is 5.69 Å². The first-order chi connectivity index (χ1) is 13.5. The summed E-state index contributed by atoms with van der Waals surface area (Å²) in [6.45, 7) is 6.05. The molecule has 0 saturated carbocycles. The molecule has 0 spiro atoms. The zero-order valence-corrected chi connectivity index (χ0v) is 17.6. The average molecular weight is 405 g/mol. The lowest BCUT2D eigenvalue weighted by Gasteiger charge is -2.15. The van der Waals surface area contributed by atoms with Crippen LogP contribution in [0.25, 0.3) is 0 Å². The number of amides is 1. The molecule has 2 aromatic rings. The normalized spacial score (nSPS) is 11.4. The van der Waals surface area contributed by atoms with Gasteiger partial charge < -0.3 is 14.8 Å². The topological polar surface area (TPSA) is 117 Å². The fraction of sp³-hybridized carbons (Fsp3) is 0.526. The van der Waals surface area contributed by atoms with Crippen molar-refractivity contribution in [3.63, 3.8) is 0 Å². The average Bonchev–Trinajstić information content (AvgIpc) is 3.27. The Bertz CT molecular complexity index is 875. The maximum Gasteiger partial charge on any atom is 0.307 e. The molecule has 2 rings (SSSR count). The number of aryl methyl sites for hydroxylation is 1. The number of esters is 2. The fourth-order valence-corrected chi connectivity index (χ4v) is 2.65. The van der Waals surface area contributed by atoms with E-state index in [1.165, 1.54) is 29.8 Å². The number of anilines is 1. The number of hydrogen-bond donors (Lipinski definition) is 1. The lowest BCUT2D eigenvalue weighted by Crippen LogP contribution is -2.19. The molecular formula is C19H27N5O5. The molecule has 0 aliphatic carbocycles. The van der Waals surface area contributed by atoms with E-state index < -0.39 is 18.0 Å². The first-order valence-corrected chi connectivity index (χ1v) is 9.08. The van der Waals surface area contributed by atoms with E-state index >= 15 is 0 Å². The van der Waals surface area contributed by atoms with Crippen molar-refractivity contribution in [2.24, 2.45) is 7.05 Å². The second kappa shape index (κ2) is 8.89. The predicted octanol–water partition coefficient (Wildman–Crippen LogP) is 1.83. The molecule has 158 valence electrons. The molecule has 0 radical (unpaired) electrons. The van der Waals surface area contributed by atoms with E-state index in [1.807, 2.05) is 20.8 Å². The molecule has 0 aliphatic heterocycles. The first kappa shape index (κ1) is 22.1. The van der Waals surface area contributed by atoms with Crippen molar-refractivity contribution in [3.8, 4) is 0 Å². The summed E-state index contributed by atoms with van der Waals surface area (Å²) < 4.78 is 12.3. The van der Waals surface area contributed by atoms with Crippen molar-refractivity contribution >= 4 is 23.5 Å². The summed E-state index contributed by atoms with van der Waals surface area (Å²) in [5, 5.41) is 11.3. The van der Waals surface area contributed by atoms with Crippen molar-refractivity contribution in [1.29, 1.82) is 0 Å². The monoisotopic (exact) mass is 405 g/mol. The number of carbonyl (C=O) groups is 3. The lowest BCUT2D eigenvalue weighted by molar-refractivity contribution is -0.144. The maximum atomic E-state index is 12.6. The Labute approximate surface area is 169 Å². The van der Waals surface area contributed by atoms with Crippen LogP contribution in [-0.2, 0) is 31.5 Å². The van der Waals surface area contributed by atoms with Crippen LogP contribution in [0.15, 0.2) is 18.5 Å². The number of rotatable bonds is 7. The molecule has 0 bridgehead atoms. The quantitative estimate of drug-likeness (QED) is 0.698. The molecule has 1 amide bonds. The van der Waals surface area contributed by atoms with Crippen LogP contribution in [0.1, 0.15) is 55.8 Å². The number of nitrogens with one attached hydrogen (secondary N) is 1. The first-order valence-electron chi connectivity index (χ1n) is 9.08. The lowest BCUT2D eigenvalue weighted by atomic mass is 9.92. The third-order valence-corrected chi connectivity index (χ3v) is 4.37. The van der Waals surface area contributed by atoms with Crippen LogP contribution in [0.3, 0.4) is 0 Å². The van der Waals surface area contributed by atoms with E-state index in [0.29, 0.717) is 11.4 Å². The van der Waals surface area contributed by atoms with Crippen molar-refractivity contribution in [2.45, 2.75) is 45.1 Å². The zero-order chi connectivity index (χ0) is 21.8. The Morgan fingerprint density at radius 1 is 1.14 bits per heavy atom. The van der Waals surface area contributed by atoms with Crippen LogP contribution in [0.2, 0.25) is 0 Å². The highest BCUT2D eigenvalue weighted by Crippen LogP contribution is 2.23. The van der Waals surface area contributed by atoms with Crippen LogP contribution >= 0.6 is 0 Å². The van der Waals surface area contributed by atoms with Crippen LogP contribution in [0, 0.1) is 0 Å². The van der Waals surface area contributed by atoms with E-state index in [4.69, 9.17) is 0 Å². The van der Waals surface area contributed by atoms with Gasteiger partial charge in [-0.25, -0.2) is 0 Å². The van der Waals surface area contributed by atoms with Crippen molar-refractivity contribution in [3.05, 3.63) is 29.8 Å². The van der Waals surface area contributed by atoms with Gasteiger partial charge in [0, 0.05) is 18.7 Å². The highest BCUT2D eigenvalue weighted by molar-refractivity contribution is 6.03. The van der Waals surface area contributed by atoms with Gasteiger partial charge in [-0.15, -0.1) is 0 Å². The largest absolute Gasteiger partial charge is 0.469 e. The summed E-state index contributed by atoms with van der Waals surface area (Å²) in [6, 6.07) is 1.15. The predicted molar refractivity (Wildman–Crippen MR) is 104 cm³/mol. The van der Waals surface area contributed by atoms with Gasteiger partial charge in [-0.05, 0) is 6.07 Å². The Hall–Kier alpha value is -3.17. The van der Waals surface area contributed by atoms with Gasteiger partial charge >= 0.3 is 11.9 Å². The molecule has 0 unspecified atom stereocenters. The molecule has 0 aliphatic rings. The Morgan fingerprint density at radius 3 is 2.21 bits per heavy atom. The van der Waals surface area contributed by atoms with E-state index in [1.54, 1.807) is 19.3 Å². The minimum Gasteiger partial charge on any atom is -0.469 e. The number of hydrogen-bond acceptors (Lipinski definition) is 7. The van der Waals surface area contributed by atoms with Crippen LogP contribution in [-0.4, -0.2) is 51.6 Å². The van der Waals surface area contributed by atoms with Gasteiger partial charge in [0.05, 0.1) is 50.7 Å². The van der Waals surface area contributed by atoms with Crippen molar-refractivity contribution < 1.29 is 23.9 Å². The van der Waals surface area contributed by atoms with Gasteiger partial charge in [0.1, 0.15) is 5.69 Å². The van der Waals surface area contributed by atoms with Crippen molar-refractivity contribution in [2.75, 3.05) is 19.5 Å². The number of ether oxygens (including phenoxy) is 2. The smallest absolute Gasteiger partial charge is 0.307 e. The van der Waals surface area contributed by atoms with Crippen molar-refractivity contribution in [1.82, 2.24) is 19.6 Å². The highest BCUT2D eigenvalue weighted by Gasteiger charge is 2.24. The Morgan fingerprint density at radius 2 is 1.72 bits per heavy atom. The van der Waals surface area contributed by atoms with Gasteiger partial charge in [-0.3, -0.25) is 23.7 Å². The summed E-state index contributed by atoms with van der Waals surface area (Å²) >= 11 is 0. The molecular weight excluding hydrogens is 378 g/mol. The highest BCUT2D eigenvalue weighted by atomic mass is 16.5. The molecule has 10 heteroatoms. The SMILES string of the molecule is COC(=O)CC(CC(=O)OC)n1cc(NC(=O)c2cc(C(C)(C)C)nn2C)cn1. The van der Waals surface area contributed by atoms with Gasteiger partial charge in [0.25, 0.3) is 5.91 Å². The maximum absolute atomic E-state index is 12.6. The second-order valence-electron chi connectivity index (χ2n) is 7.67. The number of nitrogens with zero attached hydrogens (tertiary/aromatic N) is 4. The zero-order valence-electron chi connectivity index (χ0n) is 17.6. The fourth-order valence-electron chi connectivity index (χ4n) is 2.65. The minimum atomic E-state index is -0.593.